The maximum Gasteiger partial charge on any atom is 0.270 e. The predicted molar refractivity (Wildman–Crippen MR) is 101 cm³/mol. The van der Waals surface area contributed by atoms with Gasteiger partial charge in [0.15, 0.2) is 0 Å². The minimum atomic E-state index is -0.443. The Kier molecular flexibility index (Phi) is 3.90. The molecule has 6 nitrogen and oxygen atoms in total. The minimum absolute atomic E-state index is 0.0169. The van der Waals surface area contributed by atoms with Gasteiger partial charge in [-0.2, -0.15) is 0 Å². The number of carbonyl (C=O) groups is 1. The summed E-state index contributed by atoms with van der Waals surface area (Å²) in [5.74, 6) is 0.880. The van der Waals surface area contributed by atoms with Crippen LogP contribution in [0.1, 0.15) is 55.1 Å². The van der Waals surface area contributed by atoms with E-state index in [1.165, 1.54) is 36.2 Å². The normalized spacial score (nSPS) is 20.2. The largest absolute Gasteiger partial charge is 0.359 e. The van der Waals surface area contributed by atoms with E-state index >= 15 is 0 Å². The molecular formula is C20H21N3O3. The zero-order chi connectivity index (χ0) is 18.4. The highest BCUT2D eigenvalue weighted by Gasteiger charge is 2.28. The lowest BCUT2D eigenvalue weighted by atomic mass is 9.80. The number of nitrogens with one attached hydrogen (secondary N) is 2. The molecule has 1 amide bonds. The molecule has 1 unspecified atom stereocenters. The van der Waals surface area contributed by atoms with Gasteiger partial charge >= 0.3 is 0 Å². The van der Waals surface area contributed by atoms with E-state index in [1.54, 1.807) is 12.1 Å². The van der Waals surface area contributed by atoms with Crippen molar-refractivity contribution < 1.29 is 9.72 Å². The summed E-state index contributed by atoms with van der Waals surface area (Å²) in [7, 11) is 0. The molecule has 0 fully saturated rings. The number of anilines is 1. The first-order valence-corrected chi connectivity index (χ1v) is 8.97. The van der Waals surface area contributed by atoms with Crippen molar-refractivity contribution in [3.05, 3.63) is 56.9 Å². The smallest absolute Gasteiger partial charge is 0.270 e. The van der Waals surface area contributed by atoms with Gasteiger partial charge in [-0.3, -0.25) is 14.9 Å². The van der Waals surface area contributed by atoms with Crippen LogP contribution in [-0.4, -0.2) is 15.8 Å². The van der Waals surface area contributed by atoms with Crippen molar-refractivity contribution in [2.45, 2.75) is 39.0 Å². The van der Waals surface area contributed by atoms with Gasteiger partial charge in [0, 0.05) is 34.8 Å². The molecule has 1 aromatic heterocycles. The topological polar surface area (TPSA) is 88.0 Å². The molecule has 2 aliphatic rings. The fourth-order valence-electron chi connectivity index (χ4n) is 4.09. The number of nitro groups is 1. The molecule has 26 heavy (non-hydrogen) atoms. The molecule has 1 aliphatic heterocycles. The molecular weight excluding hydrogens is 330 g/mol. The summed E-state index contributed by atoms with van der Waals surface area (Å²) in [4.78, 5) is 26.4. The van der Waals surface area contributed by atoms with Crippen molar-refractivity contribution in [2.24, 2.45) is 5.92 Å². The predicted octanol–water partition coefficient (Wildman–Crippen LogP) is 4.49. The molecule has 0 bridgehead atoms. The highest BCUT2D eigenvalue weighted by Crippen LogP contribution is 2.39. The van der Waals surface area contributed by atoms with E-state index in [0.717, 1.165) is 12.1 Å². The van der Waals surface area contributed by atoms with Crippen molar-refractivity contribution in [2.75, 3.05) is 5.32 Å². The molecule has 1 atom stereocenters. The number of nitro benzene ring substituents is 1. The molecule has 0 saturated heterocycles. The average molecular weight is 351 g/mol. The van der Waals surface area contributed by atoms with Gasteiger partial charge in [0.05, 0.1) is 10.5 Å². The third-order valence-corrected chi connectivity index (χ3v) is 5.40. The zero-order valence-electron chi connectivity index (χ0n) is 14.8. The number of H-pyrrole nitrogens is 1. The Morgan fingerprint density at radius 3 is 2.85 bits per heavy atom. The van der Waals surface area contributed by atoms with Gasteiger partial charge in [0.25, 0.3) is 11.6 Å². The van der Waals surface area contributed by atoms with Crippen LogP contribution < -0.4 is 5.32 Å². The highest BCUT2D eigenvalue weighted by molar-refractivity contribution is 6.35. The molecule has 2 heterocycles. The van der Waals surface area contributed by atoms with Gasteiger partial charge < -0.3 is 10.3 Å². The summed E-state index contributed by atoms with van der Waals surface area (Å²) in [6.07, 6.45) is 5.19. The summed E-state index contributed by atoms with van der Waals surface area (Å²) in [5, 5.41) is 13.8. The second-order valence-electron chi connectivity index (χ2n) is 7.40. The van der Waals surface area contributed by atoms with Crippen molar-refractivity contribution >= 4 is 28.9 Å². The zero-order valence-corrected chi connectivity index (χ0v) is 14.8. The molecule has 0 saturated carbocycles. The van der Waals surface area contributed by atoms with Gasteiger partial charge in [-0.15, -0.1) is 0 Å². The molecule has 0 radical (unpaired) electrons. The van der Waals surface area contributed by atoms with Crippen molar-refractivity contribution in [1.82, 2.24) is 4.98 Å². The van der Waals surface area contributed by atoms with E-state index in [1.807, 2.05) is 0 Å². The molecule has 1 aromatic carbocycles. The number of amides is 1. The molecule has 2 N–H and O–H groups in total. The van der Waals surface area contributed by atoms with E-state index in [9.17, 15) is 14.9 Å². The second-order valence-corrected chi connectivity index (χ2v) is 7.40. The Hall–Kier alpha value is -2.89. The van der Waals surface area contributed by atoms with Crippen LogP contribution in [0.4, 0.5) is 11.4 Å². The Balaban J connectivity index is 1.75. The summed E-state index contributed by atoms with van der Waals surface area (Å²) in [6.45, 7) is 4.48. The van der Waals surface area contributed by atoms with Crippen LogP contribution in [0.25, 0.3) is 11.6 Å². The van der Waals surface area contributed by atoms with Crippen molar-refractivity contribution in [3.8, 4) is 0 Å². The summed E-state index contributed by atoms with van der Waals surface area (Å²) < 4.78 is 0. The Morgan fingerprint density at radius 2 is 2.12 bits per heavy atom. The van der Waals surface area contributed by atoms with Crippen LogP contribution in [0.15, 0.2) is 24.3 Å². The standard InChI is InChI=1S/C20H21N3O3/c1-11(2)14-4-3-5-18-15(14)8-12(21-18)9-17-16-10-13(23(25)26)6-7-19(16)22-20(17)24/h6-11,14,21H,3-5H2,1-2H3,(H,22,24). The highest BCUT2D eigenvalue weighted by atomic mass is 16.6. The molecule has 6 heteroatoms. The number of nitrogens with zero attached hydrogens (tertiary/aromatic N) is 1. The number of hydrogen-bond acceptors (Lipinski definition) is 3. The van der Waals surface area contributed by atoms with Crippen LogP contribution in [0.5, 0.6) is 0 Å². The van der Waals surface area contributed by atoms with E-state index in [4.69, 9.17) is 0 Å². The van der Waals surface area contributed by atoms with Crippen LogP contribution in [0.2, 0.25) is 0 Å². The van der Waals surface area contributed by atoms with Gasteiger partial charge in [-0.25, -0.2) is 0 Å². The lowest BCUT2D eigenvalue weighted by Crippen LogP contribution is -2.13. The number of hydrogen-bond donors (Lipinski definition) is 2. The second kappa shape index (κ2) is 6.12. The van der Waals surface area contributed by atoms with E-state index in [2.05, 4.69) is 30.2 Å². The first kappa shape index (κ1) is 16.6. The fourth-order valence-corrected chi connectivity index (χ4v) is 4.09. The minimum Gasteiger partial charge on any atom is -0.359 e. The van der Waals surface area contributed by atoms with Gasteiger partial charge in [0.1, 0.15) is 0 Å². The van der Waals surface area contributed by atoms with Gasteiger partial charge in [-0.05, 0) is 54.9 Å². The number of benzene rings is 1. The van der Waals surface area contributed by atoms with Crippen molar-refractivity contribution in [3.63, 3.8) is 0 Å². The Bertz CT molecular complexity index is 940. The monoisotopic (exact) mass is 351 g/mol. The van der Waals surface area contributed by atoms with Crippen molar-refractivity contribution in [1.29, 1.82) is 0 Å². The quantitative estimate of drug-likeness (QED) is 0.485. The van der Waals surface area contributed by atoms with Crippen LogP contribution in [0.3, 0.4) is 0 Å². The molecule has 4 rings (SSSR count). The number of aromatic amines is 1. The Morgan fingerprint density at radius 1 is 1.31 bits per heavy atom. The van der Waals surface area contributed by atoms with Gasteiger partial charge in [0.2, 0.25) is 0 Å². The lowest BCUT2D eigenvalue weighted by molar-refractivity contribution is -0.384. The maximum atomic E-state index is 12.4. The average Bonchev–Trinajstić information content (AvgIpc) is 3.14. The summed E-state index contributed by atoms with van der Waals surface area (Å²) >= 11 is 0. The molecule has 2 aromatic rings. The van der Waals surface area contributed by atoms with Gasteiger partial charge in [-0.1, -0.05) is 13.8 Å². The Labute approximate surface area is 151 Å². The fraction of sp³-hybridized carbons (Fsp3) is 0.350. The molecule has 134 valence electrons. The number of fused-ring (bicyclic) bond motifs is 2. The third-order valence-electron chi connectivity index (χ3n) is 5.40. The molecule has 0 spiro atoms. The van der Waals surface area contributed by atoms with Crippen LogP contribution in [0, 0.1) is 16.0 Å². The lowest BCUT2D eigenvalue weighted by Gasteiger charge is -2.25. The molecule has 1 aliphatic carbocycles. The SMILES string of the molecule is CC(C)C1CCCc2[nH]c(C=C3C(=O)Nc4ccc([N+](=O)[O-])cc43)cc21. The third kappa shape index (κ3) is 2.71. The first-order chi connectivity index (χ1) is 12.4. The number of aromatic nitrogens is 1. The number of carbonyl (C=O) groups excluding carboxylic acids is 1. The maximum absolute atomic E-state index is 12.4. The van der Waals surface area contributed by atoms with Crippen LogP contribution >= 0.6 is 0 Å². The number of aryl methyl sites for hydroxylation is 1. The summed E-state index contributed by atoms with van der Waals surface area (Å²) in [6, 6.07) is 6.58. The first-order valence-electron chi connectivity index (χ1n) is 8.97. The number of rotatable bonds is 3. The van der Waals surface area contributed by atoms with E-state index in [0.29, 0.717) is 28.7 Å². The van der Waals surface area contributed by atoms with E-state index < -0.39 is 4.92 Å². The van der Waals surface area contributed by atoms with Crippen LogP contribution in [-0.2, 0) is 11.2 Å². The number of non-ortho nitro benzene ring substituents is 1. The van der Waals surface area contributed by atoms with E-state index in [-0.39, 0.29) is 11.6 Å². The summed E-state index contributed by atoms with van der Waals surface area (Å²) in [5.41, 5.74) is 5.11.